The fraction of sp³-hybridized carbons (Fsp3) is 0.250. The first-order valence-electron chi connectivity index (χ1n) is 4.09. The molecular weight excluding hydrogens is 216 g/mol. The number of aliphatic imine (C=N–C) groups is 1. The van der Waals surface area contributed by atoms with Gasteiger partial charge in [-0.3, -0.25) is 20.4 Å². The molecule has 1 N–H and O–H groups in total. The molecule has 0 saturated carbocycles. The van der Waals surface area contributed by atoms with Crippen LogP contribution < -0.4 is 5.32 Å². The first-order valence-corrected chi connectivity index (χ1v) is 4.97. The molecule has 1 aromatic heterocycles. The normalized spacial score (nSPS) is 10.7. The second-order valence-corrected chi connectivity index (χ2v) is 3.45. The average molecular weight is 224 g/mol. The molecule has 0 aliphatic rings. The molecule has 0 saturated heterocycles. The minimum Gasteiger partial charge on any atom is -0.276 e. The number of nitrogens with one attached hydrogen (secondary N) is 1. The molecule has 7 heteroatoms. The molecule has 0 unspecified atom stereocenters. The van der Waals surface area contributed by atoms with Crippen molar-refractivity contribution in [3.63, 3.8) is 0 Å². The van der Waals surface area contributed by atoms with Crippen molar-refractivity contribution in [2.45, 2.75) is 0 Å². The van der Waals surface area contributed by atoms with E-state index in [1.165, 1.54) is 11.3 Å². The fourth-order valence-corrected chi connectivity index (χ4v) is 1.58. The number of nitro groups is 1. The molecule has 0 amide bonds. The summed E-state index contributed by atoms with van der Waals surface area (Å²) in [5.74, 6) is 0.384. The summed E-state index contributed by atoms with van der Waals surface area (Å²) in [6.07, 6.45) is 1.75. The molecule has 0 spiro atoms. The van der Waals surface area contributed by atoms with Gasteiger partial charge in [0.05, 0.1) is 4.88 Å². The largest absolute Gasteiger partial charge is 0.276 e. The van der Waals surface area contributed by atoms with Crippen LogP contribution in [0.1, 0.15) is 4.88 Å². The molecule has 0 aliphatic carbocycles. The monoisotopic (exact) mass is 224 g/mol. The molecular formula is C8H8N4O2S. The van der Waals surface area contributed by atoms with E-state index >= 15 is 0 Å². The molecule has 0 fully saturated rings. The van der Waals surface area contributed by atoms with Crippen LogP contribution in [-0.2, 0) is 0 Å². The maximum absolute atomic E-state index is 10.1. The van der Waals surface area contributed by atoms with Gasteiger partial charge in [-0.1, -0.05) is 6.07 Å². The molecule has 0 atom stereocenters. The van der Waals surface area contributed by atoms with Crippen molar-refractivity contribution in [1.29, 1.82) is 5.26 Å². The summed E-state index contributed by atoms with van der Waals surface area (Å²) in [6, 6.07) is 3.61. The highest BCUT2D eigenvalue weighted by Gasteiger charge is 2.04. The minimum atomic E-state index is -0.443. The standard InChI is InChI=1S/C8H8N4O2S/c9-6-11-8(7-2-1-5-15-7)10-3-4-12(13)14/h1-2,5H,3-4H2,(H,10,11). The van der Waals surface area contributed by atoms with E-state index in [1.54, 1.807) is 12.3 Å². The summed E-state index contributed by atoms with van der Waals surface area (Å²) >= 11 is 1.42. The van der Waals surface area contributed by atoms with E-state index in [1.807, 2.05) is 11.4 Å². The second kappa shape index (κ2) is 5.72. The summed E-state index contributed by atoms with van der Waals surface area (Å²) < 4.78 is 0. The molecule has 0 bridgehead atoms. The Bertz CT molecular complexity index is 393. The van der Waals surface area contributed by atoms with Gasteiger partial charge in [0.1, 0.15) is 6.54 Å². The lowest BCUT2D eigenvalue weighted by atomic mass is 10.4. The summed E-state index contributed by atoms with van der Waals surface area (Å²) in [5, 5.41) is 22.8. The van der Waals surface area contributed by atoms with E-state index in [4.69, 9.17) is 5.26 Å². The van der Waals surface area contributed by atoms with Gasteiger partial charge in [-0.2, -0.15) is 5.26 Å². The highest BCUT2D eigenvalue weighted by molar-refractivity contribution is 7.12. The first kappa shape index (κ1) is 11.1. The van der Waals surface area contributed by atoms with Gasteiger partial charge in [-0.25, -0.2) is 0 Å². The van der Waals surface area contributed by atoms with Crippen molar-refractivity contribution >= 4 is 17.2 Å². The molecule has 0 aromatic carbocycles. The van der Waals surface area contributed by atoms with Crippen LogP contribution >= 0.6 is 11.3 Å². The molecule has 6 nitrogen and oxygen atoms in total. The van der Waals surface area contributed by atoms with Crippen LogP contribution in [0, 0.1) is 21.6 Å². The second-order valence-electron chi connectivity index (χ2n) is 2.50. The topological polar surface area (TPSA) is 91.3 Å². The Morgan fingerprint density at radius 2 is 2.60 bits per heavy atom. The highest BCUT2D eigenvalue weighted by Crippen LogP contribution is 2.08. The maximum atomic E-state index is 10.1. The molecule has 0 aliphatic heterocycles. The number of thiophene rings is 1. The maximum Gasteiger partial charge on any atom is 0.223 e. The smallest absolute Gasteiger partial charge is 0.223 e. The molecule has 1 heterocycles. The van der Waals surface area contributed by atoms with Crippen LogP contribution in [0.4, 0.5) is 0 Å². The van der Waals surface area contributed by atoms with E-state index in [9.17, 15) is 10.1 Å². The number of nitriles is 1. The Hall–Kier alpha value is -1.94. The Kier molecular flexibility index (Phi) is 4.25. The van der Waals surface area contributed by atoms with Crippen molar-refractivity contribution in [3.8, 4) is 6.19 Å². The first-order chi connectivity index (χ1) is 7.24. The zero-order valence-corrected chi connectivity index (χ0v) is 8.53. The summed E-state index contributed by atoms with van der Waals surface area (Å²) in [6.45, 7) is -0.170. The molecule has 1 rings (SSSR count). The van der Waals surface area contributed by atoms with Gasteiger partial charge in [0.25, 0.3) is 0 Å². The van der Waals surface area contributed by atoms with Gasteiger partial charge in [-0.05, 0) is 11.4 Å². The molecule has 15 heavy (non-hydrogen) atoms. The number of amidine groups is 1. The SMILES string of the molecule is N#CNC(=NCC[N+](=O)[O-])c1cccs1. The molecule has 1 aromatic rings. The Morgan fingerprint density at radius 3 is 3.13 bits per heavy atom. The Morgan fingerprint density at radius 1 is 1.80 bits per heavy atom. The average Bonchev–Trinajstić information content (AvgIpc) is 2.68. The van der Waals surface area contributed by atoms with E-state index in [-0.39, 0.29) is 13.1 Å². The third kappa shape index (κ3) is 3.74. The van der Waals surface area contributed by atoms with E-state index < -0.39 is 4.92 Å². The predicted molar refractivity (Wildman–Crippen MR) is 56.3 cm³/mol. The number of hydrogen-bond donors (Lipinski definition) is 1. The third-order valence-electron chi connectivity index (χ3n) is 1.48. The Labute approximate surface area is 90.0 Å². The van der Waals surface area contributed by atoms with Gasteiger partial charge < -0.3 is 0 Å². The van der Waals surface area contributed by atoms with Crippen molar-refractivity contribution < 1.29 is 4.92 Å². The van der Waals surface area contributed by atoms with Crippen LogP contribution in [0.25, 0.3) is 0 Å². The number of hydrogen-bond acceptors (Lipinski definition) is 5. The Balaban J connectivity index is 2.66. The van der Waals surface area contributed by atoms with Crippen LogP contribution in [0.15, 0.2) is 22.5 Å². The quantitative estimate of drug-likeness (QED) is 0.205. The van der Waals surface area contributed by atoms with Crippen LogP contribution in [0.2, 0.25) is 0 Å². The minimum absolute atomic E-state index is 0.0644. The van der Waals surface area contributed by atoms with Gasteiger partial charge in [0.15, 0.2) is 12.0 Å². The fourth-order valence-electron chi connectivity index (χ4n) is 0.889. The predicted octanol–water partition coefficient (Wildman–Crippen LogP) is 0.842. The third-order valence-corrected chi connectivity index (χ3v) is 2.36. The van der Waals surface area contributed by atoms with Crippen molar-refractivity contribution in [3.05, 3.63) is 32.5 Å². The van der Waals surface area contributed by atoms with Crippen LogP contribution in [0.3, 0.4) is 0 Å². The lowest BCUT2D eigenvalue weighted by Crippen LogP contribution is -2.19. The van der Waals surface area contributed by atoms with Gasteiger partial charge in [-0.15, -0.1) is 11.3 Å². The van der Waals surface area contributed by atoms with Crippen molar-refractivity contribution in [2.24, 2.45) is 4.99 Å². The van der Waals surface area contributed by atoms with Crippen LogP contribution in [-0.4, -0.2) is 23.8 Å². The summed E-state index contributed by atoms with van der Waals surface area (Å²) in [5.41, 5.74) is 0. The zero-order chi connectivity index (χ0) is 11.1. The zero-order valence-electron chi connectivity index (χ0n) is 7.71. The van der Waals surface area contributed by atoms with Gasteiger partial charge in [0, 0.05) is 4.92 Å². The summed E-state index contributed by atoms with van der Waals surface area (Å²) in [4.78, 5) is 14.4. The molecule has 78 valence electrons. The van der Waals surface area contributed by atoms with Crippen molar-refractivity contribution in [2.75, 3.05) is 13.1 Å². The van der Waals surface area contributed by atoms with Gasteiger partial charge >= 0.3 is 0 Å². The number of nitrogens with zero attached hydrogens (tertiary/aromatic N) is 3. The van der Waals surface area contributed by atoms with E-state index in [0.717, 1.165) is 4.88 Å². The summed E-state index contributed by atoms with van der Waals surface area (Å²) in [7, 11) is 0. The van der Waals surface area contributed by atoms with E-state index in [0.29, 0.717) is 5.84 Å². The van der Waals surface area contributed by atoms with E-state index in [2.05, 4.69) is 10.3 Å². The van der Waals surface area contributed by atoms with Gasteiger partial charge in [0.2, 0.25) is 6.54 Å². The molecule has 0 radical (unpaired) electrons. The highest BCUT2D eigenvalue weighted by atomic mass is 32.1. The van der Waals surface area contributed by atoms with Crippen molar-refractivity contribution in [1.82, 2.24) is 5.32 Å². The van der Waals surface area contributed by atoms with Crippen LogP contribution in [0.5, 0.6) is 0 Å². The lowest BCUT2D eigenvalue weighted by molar-refractivity contribution is -0.476. The lowest BCUT2D eigenvalue weighted by Gasteiger charge is -1.99. The number of rotatable bonds is 4.